The lowest BCUT2D eigenvalue weighted by atomic mass is 10.3. The Kier molecular flexibility index (Phi) is 3.56. The van der Waals surface area contributed by atoms with Gasteiger partial charge in [0.05, 0.1) is 0 Å². The van der Waals surface area contributed by atoms with Crippen LogP contribution in [-0.4, -0.2) is 6.66 Å². The van der Waals surface area contributed by atoms with Gasteiger partial charge in [0.1, 0.15) is 5.75 Å². The monoisotopic (exact) mass is 266 g/mol. The minimum absolute atomic E-state index is 0.559. The molecule has 0 spiro atoms. The molecular formula is C13H12ClO2P. The third kappa shape index (κ3) is 3.12. The van der Waals surface area contributed by atoms with Gasteiger partial charge in [0.2, 0.25) is 0 Å². The van der Waals surface area contributed by atoms with Gasteiger partial charge >= 0.3 is 0 Å². The van der Waals surface area contributed by atoms with E-state index in [0.29, 0.717) is 16.1 Å². The molecule has 0 amide bonds. The Balaban J connectivity index is 2.23. The molecule has 1 atom stereocenters. The molecule has 0 aliphatic heterocycles. The van der Waals surface area contributed by atoms with Crippen molar-refractivity contribution in [2.75, 3.05) is 6.66 Å². The quantitative estimate of drug-likeness (QED) is 0.786. The Morgan fingerprint density at radius 1 is 1.00 bits per heavy atom. The maximum Gasteiger partial charge on any atom is 0.274 e. The van der Waals surface area contributed by atoms with Gasteiger partial charge in [0.25, 0.3) is 7.37 Å². The molecular weight excluding hydrogens is 255 g/mol. The van der Waals surface area contributed by atoms with Crippen LogP contribution in [0, 0.1) is 0 Å². The van der Waals surface area contributed by atoms with Crippen LogP contribution in [0.15, 0.2) is 54.6 Å². The van der Waals surface area contributed by atoms with Crippen LogP contribution >= 0.6 is 19.0 Å². The van der Waals surface area contributed by atoms with Crippen molar-refractivity contribution in [3.63, 3.8) is 0 Å². The van der Waals surface area contributed by atoms with E-state index in [2.05, 4.69) is 0 Å². The molecule has 0 heterocycles. The molecule has 0 unspecified atom stereocenters. The van der Waals surface area contributed by atoms with Crippen molar-refractivity contribution < 1.29 is 9.09 Å². The van der Waals surface area contributed by atoms with Gasteiger partial charge in [-0.2, -0.15) is 0 Å². The number of halogens is 1. The first kappa shape index (κ1) is 12.2. The van der Waals surface area contributed by atoms with Gasteiger partial charge in [0.15, 0.2) is 0 Å². The Morgan fingerprint density at radius 3 is 2.18 bits per heavy atom. The molecule has 88 valence electrons. The molecule has 0 aliphatic carbocycles. The van der Waals surface area contributed by atoms with Crippen LogP contribution in [0.1, 0.15) is 0 Å². The van der Waals surface area contributed by atoms with Crippen LogP contribution in [-0.2, 0) is 4.57 Å². The van der Waals surface area contributed by atoms with Crippen LogP contribution in [0.3, 0.4) is 0 Å². The number of rotatable bonds is 3. The first-order valence-electron chi connectivity index (χ1n) is 5.16. The summed E-state index contributed by atoms with van der Waals surface area (Å²) < 4.78 is 18.0. The molecule has 0 N–H and O–H groups in total. The Labute approximate surface area is 106 Å². The zero-order valence-corrected chi connectivity index (χ0v) is 11.0. The fraction of sp³-hybridized carbons (Fsp3) is 0.0769. The molecule has 2 aromatic rings. The summed E-state index contributed by atoms with van der Waals surface area (Å²) >= 11 is 5.78. The topological polar surface area (TPSA) is 26.3 Å². The second-order valence-electron chi connectivity index (χ2n) is 3.73. The third-order valence-electron chi connectivity index (χ3n) is 2.32. The zero-order chi connectivity index (χ0) is 12.3. The summed E-state index contributed by atoms with van der Waals surface area (Å²) in [5.74, 6) is 0.559. The molecule has 0 aliphatic rings. The smallest absolute Gasteiger partial charge is 0.274 e. The Bertz CT molecular complexity index is 537. The molecule has 0 fully saturated rings. The molecule has 0 saturated heterocycles. The molecule has 2 nitrogen and oxygen atoms in total. The predicted molar refractivity (Wildman–Crippen MR) is 71.7 cm³/mol. The van der Waals surface area contributed by atoms with E-state index in [0.717, 1.165) is 0 Å². The number of hydrogen-bond donors (Lipinski definition) is 0. The largest absolute Gasteiger partial charge is 0.440 e. The molecule has 2 aromatic carbocycles. The molecule has 0 radical (unpaired) electrons. The van der Waals surface area contributed by atoms with Gasteiger partial charge in [-0.25, -0.2) is 0 Å². The van der Waals surface area contributed by atoms with Crippen molar-refractivity contribution in [3.8, 4) is 5.75 Å². The minimum atomic E-state index is -2.82. The van der Waals surface area contributed by atoms with Crippen molar-refractivity contribution in [2.45, 2.75) is 0 Å². The summed E-state index contributed by atoms with van der Waals surface area (Å²) in [6, 6.07) is 16.0. The second kappa shape index (κ2) is 4.95. The lowest BCUT2D eigenvalue weighted by molar-refractivity contribution is 0.498. The SMILES string of the molecule is C[P@@](=O)(Oc1ccc(Cl)cc1)c1ccccc1. The van der Waals surface area contributed by atoms with Crippen LogP contribution < -0.4 is 9.83 Å². The lowest BCUT2D eigenvalue weighted by Crippen LogP contribution is -2.07. The third-order valence-corrected chi connectivity index (χ3v) is 4.37. The molecule has 0 aromatic heterocycles. The molecule has 0 saturated carbocycles. The van der Waals surface area contributed by atoms with E-state index in [1.165, 1.54) is 0 Å². The fourth-order valence-corrected chi connectivity index (χ4v) is 2.92. The van der Waals surface area contributed by atoms with Gasteiger partial charge in [-0.15, -0.1) is 0 Å². The van der Waals surface area contributed by atoms with Crippen molar-refractivity contribution >= 4 is 24.3 Å². The first-order chi connectivity index (χ1) is 8.08. The normalized spacial score (nSPS) is 14.0. The molecule has 0 bridgehead atoms. The predicted octanol–water partition coefficient (Wildman–Crippen LogP) is 3.95. The fourth-order valence-electron chi connectivity index (χ4n) is 1.45. The van der Waals surface area contributed by atoms with E-state index in [1.807, 2.05) is 18.2 Å². The minimum Gasteiger partial charge on any atom is -0.440 e. The summed E-state index contributed by atoms with van der Waals surface area (Å²) in [6.07, 6.45) is 0. The van der Waals surface area contributed by atoms with Crippen molar-refractivity contribution in [3.05, 3.63) is 59.6 Å². The highest BCUT2D eigenvalue weighted by molar-refractivity contribution is 7.66. The highest BCUT2D eigenvalue weighted by Crippen LogP contribution is 2.42. The first-order valence-corrected chi connectivity index (χ1v) is 7.61. The van der Waals surface area contributed by atoms with E-state index in [-0.39, 0.29) is 0 Å². The Morgan fingerprint density at radius 2 is 1.59 bits per heavy atom. The second-order valence-corrected chi connectivity index (χ2v) is 6.55. The zero-order valence-electron chi connectivity index (χ0n) is 9.34. The number of benzene rings is 2. The highest BCUT2D eigenvalue weighted by Gasteiger charge is 2.19. The number of hydrogen-bond acceptors (Lipinski definition) is 2. The van der Waals surface area contributed by atoms with Gasteiger partial charge < -0.3 is 4.52 Å². The van der Waals surface area contributed by atoms with E-state index < -0.39 is 7.37 Å². The van der Waals surface area contributed by atoms with E-state index in [4.69, 9.17) is 16.1 Å². The average molecular weight is 267 g/mol. The van der Waals surface area contributed by atoms with Crippen molar-refractivity contribution in [2.24, 2.45) is 0 Å². The van der Waals surface area contributed by atoms with Gasteiger partial charge in [-0.05, 0) is 36.4 Å². The average Bonchev–Trinajstić information content (AvgIpc) is 2.33. The van der Waals surface area contributed by atoms with Gasteiger partial charge in [-0.1, -0.05) is 29.8 Å². The van der Waals surface area contributed by atoms with Crippen molar-refractivity contribution in [1.82, 2.24) is 0 Å². The van der Waals surface area contributed by atoms with Gasteiger partial charge in [-0.3, -0.25) is 4.57 Å². The maximum absolute atomic E-state index is 12.4. The van der Waals surface area contributed by atoms with E-state index in [9.17, 15) is 4.57 Å². The van der Waals surface area contributed by atoms with Gasteiger partial charge in [0, 0.05) is 17.0 Å². The standard InChI is InChI=1S/C13H12ClO2P/c1-17(15,13-5-3-2-4-6-13)16-12-9-7-11(14)8-10-12/h2-10H,1H3/t17-/m1/s1. The molecule has 17 heavy (non-hydrogen) atoms. The summed E-state index contributed by atoms with van der Waals surface area (Å²) in [4.78, 5) is 0. The summed E-state index contributed by atoms with van der Waals surface area (Å²) in [6.45, 7) is 1.61. The summed E-state index contributed by atoms with van der Waals surface area (Å²) in [5.41, 5.74) is 0. The maximum atomic E-state index is 12.4. The van der Waals surface area contributed by atoms with Crippen LogP contribution in [0.5, 0.6) is 5.75 Å². The summed E-state index contributed by atoms with van der Waals surface area (Å²) in [5, 5.41) is 1.33. The van der Waals surface area contributed by atoms with Crippen LogP contribution in [0.2, 0.25) is 5.02 Å². The Hall–Kier alpha value is -1.24. The highest BCUT2D eigenvalue weighted by atomic mass is 35.5. The van der Waals surface area contributed by atoms with E-state index in [1.54, 1.807) is 43.1 Å². The molecule has 4 heteroatoms. The van der Waals surface area contributed by atoms with E-state index >= 15 is 0 Å². The lowest BCUT2D eigenvalue weighted by Gasteiger charge is -2.15. The van der Waals surface area contributed by atoms with Crippen LogP contribution in [0.4, 0.5) is 0 Å². The molecule has 2 rings (SSSR count). The van der Waals surface area contributed by atoms with Crippen molar-refractivity contribution in [1.29, 1.82) is 0 Å². The summed E-state index contributed by atoms with van der Waals surface area (Å²) in [7, 11) is -2.82. The van der Waals surface area contributed by atoms with Crippen LogP contribution in [0.25, 0.3) is 0 Å².